The van der Waals surface area contributed by atoms with Crippen LogP contribution in [-0.4, -0.2) is 4.98 Å². The molecule has 0 N–H and O–H groups in total. The van der Waals surface area contributed by atoms with Crippen LogP contribution < -0.4 is 0 Å². The summed E-state index contributed by atoms with van der Waals surface area (Å²) in [6.07, 6.45) is 2.84. The van der Waals surface area contributed by atoms with Crippen LogP contribution in [0, 0.1) is 0 Å². The monoisotopic (exact) mass is 233 g/mol. The lowest BCUT2D eigenvalue weighted by molar-refractivity contribution is 0.874. The van der Waals surface area contributed by atoms with Crippen LogP contribution in [0.15, 0.2) is 24.4 Å². The Balaban J connectivity index is 2.79. The SMILES string of the molecule is CCc1cc(Cl)c2nccc(C(C)C)c2c1. The third-order valence-electron chi connectivity index (χ3n) is 2.92. The van der Waals surface area contributed by atoms with Gasteiger partial charge in [0.2, 0.25) is 0 Å². The quantitative estimate of drug-likeness (QED) is 0.740. The molecule has 2 heteroatoms. The van der Waals surface area contributed by atoms with Gasteiger partial charge in [0.05, 0.1) is 10.5 Å². The molecule has 0 bridgehead atoms. The Labute approximate surface area is 101 Å². The van der Waals surface area contributed by atoms with Crippen molar-refractivity contribution in [1.82, 2.24) is 4.98 Å². The summed E-state index contributed by atoms with van der Waals surface area (Å²) in [5.74, 6) is 0.494. The van der Waals surface area contributed by atoms with Crippen molar-refractivity contribution in [1.29, 1.82) is 0 Å². The highest BCUT2D eigenvalue weighted by Gasteiger charge is 2.09. The fraction of sp³-hybridized carbons (Fsp3) is 0.357. The molecule has 0 unspecified atom stereocenters. The Hall–Kier alpha value is -1.08. The van der Waals surface area contributed by atoms with Gasteiger partial charge in [0.25, 0.3) is 0 Å². The molecule has 1 aromatic carbocycles. The van der Waals surface area contributed by atoms with Gasteiger partial charge in [-0.2, -0.15) is 0 Å². The van der Waals surface area contributed by atoms with Gasteiger partial charge < -0.3 is 0 Å². The summed E-state index contributed by atoms with van der Waals surface area (Å²) in [7, 11) is 0. The van der Waals surface area contributed by atoms with Crippen LogP contribution >= 0.6 is 11.6 Å². The largest absolute Gasteiger partial charge is 0.255 e. The Morgan fingerprint density at radius 2 is 2.06 bits per heavy atom. The number of aromatic nitrogens is 1. The van der Waals surface area contributed by atoms with Crippen LogP contribution in [0.5, 0.6) is 0 Å². The summed E-state index contributed by atoms with van der Waals surface area (Å²) in [6, 6.07) is 6.31. The highest BCUT2D eigenvalue weighted by molar-refractivity contribution is 6.35. The van der Waals surface area contributed by atoms with Gasteiger partial charge in [0, 0.05) is 11.6 Å². The number of hydrogen-bond acceptors (Lipinski definition) is 1. The molecule has 1 aromatic heterocycles. The van der Waals surface area contributed by atoms with Gasteiger partial charge in [0.1, 0.15) is 0 Å². The number of benzene rings is 1. The predicted molar refractivity (Wildman–Crippen MR) is 70.2 cm³/mol. The fourth-order valence-corrected chi connectivity index (χ4v) is 2.29. The zero-order valence-electron chi connectivity index (χ0n) is 9.92. The first-order valence-corrected chi connectivity index (χ1v) is 6.08. The Kier molecular flexibility index (Phi) is 3.15. The van der Waals surface area contributed by atoms with Crippen molar-refractivity contribution in [3.8, 4) is 0 Å². The molecule has 16 heavy (non-hydrogen) atoms. The Morgan fingerprint density at radius 3 is 2.69 bits per heavy atom. The molecule has 0 aliphatic rings. The molecule has 0 saturated heterocycles. The van der Waals surface area contributed by atoms with E-state index in [9.17, 15) is 0 Å². The van der Waals surface area contributed by atoms with Gasteiger partial charge in [-0.25, -0.2) is 0 Å². The van der Waals surface area contributed by atoms with Crippen molar-refractivity contribution < 1.29 is 0 Å². The first-order chi connectivity index (χ1) is 7.63. The molecule has 0 spiro atoms. The summed E-state index contributed by atoms with van der Waals surface area (Å²) < 4.78 is 0. The molecule has 0 amide bonds. The summed E-state index contributed by atoms with van der Waals surface area (Å²) in [5.41, 5.74) is 3.51. The van der Waals surface area contributed by atoms with E-state index in [0.29, 0.717) is 5.92 Å². The van der Waals surface area contributed by atoms with Crippen molar-refractivity contribution in [3.63, 3.8) is 0 Å². The normalized spacial score (nSPS) is 11.3. The average molecular weight is 234 g/mol. The zero-order chi connectivity index (χ0) is 11.7. The third kappa shape index (κ3) is 1.92. The van der Waals surface area contributed by atoms with E-state index in [1.54, 1.807) is 0 Å². The molecule has 0 atom stereocenters. The lowest BCUT2D eigenvalue weighted by Gasteiger charge is -2.11. The predicted octanol–water partition coefficient (Wildman–Crippen LogP) is 4.57. The maximum atomic E-state index is 6.26. The first-order valence-electron chi connectivity index (χ1n) is 5.70. The van der Waals surface area contributed by atoms with Gasteiger partial charge in [-0.3, -0.25) is 4.98 Å². The lowest BCUT2D eigenvalue weighted by atomic mass is 9.97. The minimum absolute atomic E-state index is 0.494. The second-order valence-electron chi connectivity index (χ2n) is 4.38. The standard InChI is InChI=1S/C14H16ClN/c1-4-10-7-12-11(9(2)3)5-6-16-14(12)13(15)8-10/h5-9H,4H2,1-3H3. The fourth-order valence-electron chi connectivity index (χ4n) is 2.00. The molecular weight excluding hydrogens is 218 g/mol. The molecule has 0 aliphatic heterocycles. The number of aryl methyl sites for hydroxylation is 1. The Morgan fingerprint density at radius 1 is 1.31 bits per heavy atom. The van der Waals surface area contributed by atoms with Crippen molar-refractivity contribution in [3.05, 3.63) is 40.5 Å². The highest BCUT2D eigenvalue weighted by atomic mass is 35.5. The molecule has 1 nitrogen and oxygen atoms in total. The molecule has 0 fully saturated rings. The molecule has 1 heterocycles. The van der Waals surface area contributed by atoms with Gasteiger partial charge in [-0.1, -0.05) is 32.4 Å². The molecule has 2 aromatic rings. The van der Waals surface area contributed by atoms with Crippen molar-refractivity contribution in [2.45, 2.75) is 33.1 Å². The Bertz CT molecular complexity index is 517. The summed E-state index contributed by atoms with van der Waals surface area (Å²) in [6.45, 7) is 6.53. The van der Waals surface area contributed by atoms with E-state index in [1.165, 1.54) is 16.5 Å². The van der Waals surface area contributed by atoms with Crippen LogP contribution in [0.25, 0.3) is 10.9 Å². The van der Waals surface area contributed by atoms with Crippen molar-refractivity contribution in [2.24, 2.45) is 0 Å². The van der Waals surface area contributed by atoms with E-state index in [-0.39, 0.29) is 0 Å². The second kappa shape index (κ2) is 4.42. The van der Waals surface area contributed by atoms with E-state index < -0.39 is 0 Å². The number of hydrogen-bond donors (Lipinski definition) is 0. The molecule has 0 radical (unpaired) electrons. The maximum absolute atomic E-state index is 6.26. The molecule has 84 valence electrons. The number of pyridine rings is 1. The first kappa shape index (κ1) is 11.4. The zero-order valence-corrected chi connectivity index (χ0v) is 10.7. The van der Waals surface area contributed by atoms with Gasteiger partial charge in [-0.05, 0) is 41.7 Å². The van der Waals surface area contributed by atoms with Gasteiger partial charge in [0.15, 0.2) is 0 Å². The molecule has 2 rings (SSSR count). The van der Waals surface area contributed by atoms with Crippen LogP contribution in [0.2, 0.25) is 5.02 Å². The smallest absolute Gasteiger partial charge is 0.0891 e. The maximum Gasteiger partial charge on any atom is 0.0891 e. The van der Waals surface area contributed by atoms with E-state index in [4.69, 9.17) is 11.6 Å². The van der Waals surface area contributed by atoms with E-state index in [0.717, 1.165) is 17.0 Å². The summed E-state index contributed by atoms with van der Waals surface area (Å²) in [5, 5.41) is 1.96. The van der Waals surface area contributed by atoms with Gasteiger partial charge >= 0.3 is 0 Å². The van der Waals surface area contributed by atoms with E-state index in [1.807, 2.05) is 12.3 Å². The van der Waals surface area contributed by atoms with Gasteiger partial charge in [-0.15, -0.1) is 0 Å². The molecule has 0 saturated carbocycles. The molecule has 0 aliphatic carbocycles. The highest BCUT2D eigenvalue weighted by Crippen LogP contribution is 2.29. The van der Waals surface area contributed by atoms with Crippen LogP contribution in [0.1, 0.15) is 37.8 Å². The van der Waals surface area contributed by atoms with Crippen LogP contribution in [-0.2, 0) is 6.42 Å². The van der Waals surface area contributed by atoms with Crippen molar-refractivity contribution >= 4 is 22.5 Å². The third-order valence-corrected chi connectivity index (χ3v) is 3.21. The minimum atomic E-state index is 0.494. The number of fused-ring (bicyclic) bond motifs is 1. The van der Waals surface area contributed by atoms with Crippen molar-refractivity contribution in [2.75, 3.05) is 0 Å². The van der Waals surface area contributed by atoms with E-state index >= 15 is 0 Å². The second-order valence-corrected chi connectivity index (χ2v) is 4.79. The number of halogens is 1. The van der Waals surface area contributed by atoms with E-state index in [2.05, 4.69) is 37.9 Å². The minimum Gasteiger partial charge on any atom is -0.255 e. The lowest BCUT2D eigenvalue weighted by Crippen LogP contribution is -1.93. The average Bonchev–Trinajstić information content (AvgIpc) is 2.28. The van der Waals surface area contributed by atoms with Crippen LogP contribution in [0.4, 0.5) is 0 Å². The molecular formula is C14H16ClN. The number of rotatable bonds is 2. The number of nitrogens with zero attached hydrogens (tertiary/aromatic N) is 1. The topological polar surface area (TPSA) is 12.9 Å². The summed E-state index contributed by atoms with van der Waals surface area (Å²) >= 11 is 6.26. The van der Waals surface area contributed by atoms with Crippen LogP contribution in [0.3, 0.4) is 0 Å². The summed E-state index contributed by atoms with van der Waals surface area (Å²) in [4.78, 5) is 4.37.